The summed E-state index contributed by atoms with van der Waals surface area (Å²) in [5.74, 6) is 0. The lowest BCUT2D eigenvalue weighted by Gasteiger charge is -2.31. The van der Waals surface area contributed by atoms with E-state index >= 15 is 0 Å². The van der Waals surface area contributed by atoms with Crippen molar-refractivity contribution >= 4 is 12.4 Å². The van der Waals surface area contributed by atoms with Gasteiger partial charge in [0.15, 0.2) is 6.35 Å². The van der Waals surface area contributed by atoms with E-state index in [9.17, 15) is 0 Å². The normalized spacial score (nSPS) is 32.9. The Morgan fingerprint density at radius 2 is 1.94 bits per heavy atom. The average molecular weight is 255 g/mol. The summed E-state index contributed by atoms with van der Waals surface area (Å²) in [6.45, 7) is 1.08. The SMILES string of the molecule is Cl.NC1O[C@@H](c2ccccc2)C2CCCCN12. The Kier molecular flexibility index (Phi) is 4.05. The van der Waals surface area contributed by atoms with Crippen LogP contribution in [0.1, 0.15) is 30.9 Å². The van der Waals surface area contributed by atoms with E-state index in [4.69, 9.17) is 10.5 Å². The van der Waals surface area contributed by atoms with Crippen molar-refractivity contribution in [1.29, 1.82) is 0 Å². The van der Waals surface area contributed by atoms with Gasteiger partial charge in [0.05, 0.1) is 0 Å². The summed E-state index contributed by atoms with van der Waals surface area (Å²) >= 11 is 0. The Hall–Kier alpha value is -0.610. The van der Waals surface area contributed by atoms with Crippen molar-refractivity contribution in [3.05, 3.63) is 35.9 Å². The summed E-state index contributed by atoms with van der Waals surface area (Å²) in [5.41, 5.74) is 7.28. The van der Waals surface area contributed by atoms with E-state index in [0.29, 0.717) is 6.04 Å². The molecule has 3 nitrogen and oxygen atoms in total. The molecule has 0 aromatic heterocycles. The van der Waals surface area contributed by atoms with Gasteiger partial charge in [0, 0.05) is 12.6 Å². The van der Waals surface area contributed by atoms with E-state index in [-0.39, 0.29) is 24.9 Å². The lowest BCUT2D eigenvalue weighted by Crippen LogP contribution is -2.44. The van der Waals surface area contributed by atoms with Crippen molar-refractivity contribution in [2.75, 3.05) is 6.54 Å². The van der Waals surface area contributed by atoms with Crippen LogP contribution in [0.2, 0.25) is 0 Å². The summed E-state index contributed by atoms with van der Waals surface area (Å²) in [4.78, 5) is 2.31. The zero-order valence-electron chi connectivity index (χ0n) is 9.79. The molecule has 2 unspecified atom stereocenters. The lowest BCUT2D eigenvalue weighted by molar-refractivity contribution is 0.00330. The van der Waals surface area contributed by atoms with Gasteiger partial charge in [-0.3, -0.25) is 10.6 Å². The molecular weight excluding hydrogens is 236 g/mol. The molecule has 4 heteroatoms. The van der Waals surface area contributed by atoms with E-state index in [2.05, 4.69) is 29.2 Å². The molecule has 1 aromatic carbocycles. The molecule has 0 saturated carbocycles. The largest absolute Gasteiger partial charge is 0.340 e. The van der Waals surface area contributed by atoms with E-state index in [1.165, 1.54) is 24.8 Å². The van der Waals surface area contributed by atoms with Gasteiger partial charge in [-0.2, -0.15) is 0 Å². The van der Waals surface area contributed by atoms with Crippen LogP contribution in [0.15, 0.2) is 30.3 Å². The van der Waals surface area contributed by atoms with Gasteiger partial charge >= 0.3 is 0 Å². The van der Waals surface area contributed by atoms with E-state index in [1.54, 1.807) is 0 Å². The highest BCUT2D eigenvalue weighted by molar-refractivity contribution is 5.85. The summed E-state index contributed by atoms with van der Waals surface area (Å²) in [6, 6.07) is 10.9. The molecule has 2 aliphatic heterocycles. The number of nitrogens with two attached hydrogens (primary N) is 1. The molecule has 3 atom stereocenters. The van der Waals surface area contributed by atoms with E-state index in [1.807, 2.05) is 6.07 Å². The zero-order valence-corrected chi connectivity index (χ0v) is 10.6. The van der Waals surface area contributed by atoms with Crippen LogP contribution < -0.4 is 5.73 Å². The summed E-state index contributed by atoms with van der Waals surface area (Å²) in [6.07, 6.45) is 3.69. The van der Waals surface area contributed by atoms with Gasteiger partial charge in [0.1, 0.15) is 6.10 Å². The second kappa shape index (κ2) is 5.36. The molecule has 1 aromatic rings. The zero-order chi connectivity index (χ0) is 11.0. The first-order valence-corrected chi connectivity index (χ1v) is 6.08. The Labute approximate surface area is 108 Å². The van der Waals surface area contributed by atoms with Crippen LogP contribution in [0.5, 0.6) is 0 Å². The van der Waals surface area contributed by atoms with Crippen LogP contribution in [0.25, 0.3) is 0 Å². The molecule has 0 amide bonds. The maximum absolute atomic E-state index is 6.02. The summed E-state index contributed by atoms with van der Waals surface area (Å²) < 4.78 is 5.90. The van der Waals surface area contributed by atoms with Crippen LogP contribution >= 0.6 is 12.4 Å². The molecule has 2 heterocycles. The van der Waals surface area contributed by atoms with Gasteiger partial charge in [0.2, 0.25) is 0 Å². The fraction of sp³-hybridized carbons (Fsp3) is 0.538. The summed E-state index contributed by atoms with van der Waals surface area (Å²) in [5, 5.41) is 0. The first-order valence-electron chi connectivity index (χ1n) is 6.08. The standard InChI is InChI=1S/C13H18N2O.ClH/c14-13-15-9-5-4-8-11(15)12(16-13)10-6-2-1-3-7-10;/h1-3,6-7,11-13H,4-5,8-9,14H2;1H/t11?,12-,13?;/m0./s1. The van der Waals surface area contributed by atoms with Crippen molar-refractivity contribution in [3.63, 3.8) is 0 Å². The van der Waals surface area contributed by atoms with Crippen molar-refractivity contribution in [3.8, 4) is 0 Å². The first kappa shape index (κ1) is 12.8. The molecule has 0 aliphatic carbocycles. The average Bonchev–Trinajstić information content (AvgIpc) is 2.69. The van der Waals surface area contributed by atoms with Crippen LogP contribution in [0.3, 0.4) is 0 Å². The molecule has 0 radical (unpaired) electrons. The van der Waals surface area contributed by atoms with Gasteiger partial charge in [-0.25, -0.2) is 0 Å². The number of benzene rings is 1. The number of halogens is 1. The van der Waals surface area contributed by atoms with Gasteiger partial charge < -0.3 is 4.74 Å². The quantitative estimate of drug-likeness (QED) is 0.836. The minimum absolute atomic E-state index is 0. The Bertz CT molecular complexity index is 360. The van der Waals surface area contributed by atoms with Crippen molar-refractivity contribution in [1.82, 2.24) is 4.90 Å². The number of ether oxygens (including phenoxy) is 1. The molecule has 2 N–H and O–H groups in total. The third kappa shape index (κ3) is 2.33. The van der Waals surface area contributed by atoms with Gasteiger partial charge in [0.25, 0.3) is 0 Å². The van der Waals surface area contributed by atoms with Crippen molar-refractivity contribution < 1.29 is 4.74 Å². The Morgan fingerprint density at radius 1 is 1.18 bits per heavy atom. The van der Waals surface area contributed by atoms with Crippen molar-refractivity contribution in [2.24, 2.45) is 5.73 Å². The highest BCUT2D eigenvalue weighted by Crippen LogP contribution is 2.38. The molecule has 17 heavy (non-hydrogen) atoms. The number of piperidine rings is 1. The molecule has 94 valence electrons. The number of nitrogens with zero attached hydrogens (tertiary/aromatic N) is 1. The highest BCUT2D eigenvalue weighted by Gasteiger charge is 2.41. The monoisotopic (exact) mass is 254 g/mol. The predicted octanol–water partition coefficient (Wildman–Crippen LogP) is 2.28. The van der Waals surface area contributed by atoms with E-state index < -0.39 is 0 Å². The molecule has 2 saturated heterocycles. The van der Waals surface area contributed by atoms with Crippen LogP contribution in [0, 0.1) is 0 Å². The molecule has 3 rings (SSSR count). The fourth-order valence-electron chi connectivity index (χ4n) is 2.88. The third-order valence-corrected chi connectivity index (χ3v) is 3.68. The Balaban J connectivity index is 0.00000108. The second-order valence-electron chi connectivity index (χ2n) is 4.66. The number of fused-ring (bicyclic) bond motifs is 1. The number of hydrogen-bond donors (Lipinski definition) is 1. The highest BCUT2D eigenvalue weighted by atomic mass is 35.5. The smallest absolute Gasteiger partial charge is 0.164 e. The molecule has 2 fully saturated rings. The van der Waals surface area contributed by atoms with Crippen molar-refractivity contribution in [2.45, 2.75) is 37.8 Å². The number of hydrogen-bond acceptors (Lipinski definition) is 3. The minimum Gasteiger partial charge on any atom is -0.340 e. The van der Waals surface area contributed by atoms with Crippen LogP contribution in [0.4, 0.5) is 0 Å². The van der Waals surface area contributed by atoms with Gasteiger partial charge in [-0.1, -0.05) is 36.8 Å². The number of rotatable bonds is 1. The van der Waals surface area contributed by atoms with Crippen LogP contribution in [-0.2, 0) is 4.74 Å². The molecule has 0 spiro atoms. The second-order valence-corrected chi connectivity index (χ2v) is 4.66. The third-order valence-electron chi connectivity index (χ3n) is 3.68. The Morgan fingerprint density at radius 3 is 2.71 bits per heavy atom. The minimum atomic E-state index is -0.212. The molecule has 0 bridgehead atoms. The fourth-order valence-corrected chi connectivity index (χ4v) is 2.88. The molecular formula is C13H19ClN2O. The van der Waals surface area contributed by atoms with Crippen LogP contribution in [-0.4, -0.2) is 23.8 Å². The summed E-state index contributed by atoms with van der Waals surface area (Å²) in [7, 11) is 0. The molecule has 2 aliphatic rings. The van der Waals surface area contributed by atoms with E-state index in [0.717, 1.165) is 6.54 Å². The van der Waals surface area contributed by atoms with Gasteiger partial charge in [-0.05, 0) is 18.4 Å². The predicted molar refractivity (Wildman–Crippen MR) is 69.8 cm³/mol. The topological polar surface area (TPSA) is 38.5 Å². The lowest BCUT2D eigenvalue weighted by atomic mass is 9.94. The maximum Gasteiger partial charge on any atom is 0.164 e. The first-order chi connectivity index (χ1) is 7.86. The maximum atomic E-state index is 6.02. The van der Waals surface area contributed by atoms with Gasteiger partial charge in [-0.15, -0.1) is 12.4 Å².